The summed E-state index contributed by atoms with van der Waals surface area (Å²) in [5.74, 6) is -0.0175. The maximum atomic E-state index is 12.3. The lowest BCUT2D eigenvalue weighted by Crippen LogP contribution is -2.42. The molecule has 6 heteroatoms. The van der Waals surface area contributed by atoms with Gasteiger partial charge in [0.05, 0.1) is 16.8 Å². The highest BCUT2D eigenvalue weighted by molar-refractivity contribution is 6.33. The van der Waals surface area contributed by atoms with Gasteiger partial charge in [0, 0.05) is 24.8 Å². The zero-order chi connectivity index (χ0) is 15.6. The van der Waals surface area contributed by atoms with E-state index in [9.17, 15) is 4.79 Å². The van der Waals surface area contributed by atoms with Gasteiger partial charge in [-0.3, -0.25) is 9.69 Å². The highest BCUT2D eigenvalue weighted by Gasteiger charge is 2.30. The molecule has 0 bridgehead atoms. The minimum Gasteiger partial charge on any atom is -0.397 e. The molecule has 21 heavy (non-hydrogen) atoms. The molecule has 2 atom stereocenters. The Morgan fingerprint density at radius 1 is 1.52 bits per heavy atom. The van der Waals surface area contributed by atoms with Gasteiger partial charge in [-0.1, -0.05) is 11.6 Å². The van der Waals surface area contributed by atoms with Crippen LogP contribution in [-0.2, 0) is 4.79 Å². The molecule has 1 saturated heterocycles. The molecular weight excluding hydrogens is 288 g/mol. The second-order valence-corrected chi connectivity index (χ2v) is 6.21. The van der Waals surface area contributed by atoms with Crippen LogP contribution in [0.1, 0.15) is 13.3 Å². The van der Waals surface area contributed by atoms with Crippen molar-refractivity contribution in [2.24, 2.45) is 0 Å². The molecule has 0 spiro atoms. The largest absolute Gasteiger partial charge is 0.397 e. The van der Waals surface area contributed by atoms with Gasteiger partial charge in [-0.15, -0.1) is 0 Å². The van der Waals surface area contributed by atoms with Crippen LogP contribution in [0.4, 0.5) is 11.4 Å². The summed E-state index contributed by atoms with van der Waals surface area (Å²) in [4.78, 5) is 16.8. The fraction of sp³-hybridized carbons (Fsp3) is 0.533. The summed E-state index contributed by atoms with van der Waals surface area (Å²) in [6, 6.07) is 5.49. The lowest BCUT2D eigenvalue weighted by atomic mass is 10.2. The Labute approximate surface area is 131 Å². The molecule has 0 saturated carbocycles. The molecule has 3 N–H and O–H groups in total. The van der Waals surface area contributed by atoms with Crippen molar-refractivity contribution in [2.45, 2.75) is 25.4 Å². The molecule has 1 amide bonds. The molecule has 2 rings (SSSR count). The number of nitrogens with zero attached hydrogens (tertiary/aromatic N) is 2. The van der Waals surface area contributed by atoms with Crippen molar-refractivity contribution < 1.29 is 4.79 Å². The maximum absolute atomic E-state index is 12.3. The first-order valence-electron chi connectivity index (χ1n) is 7.15. The summed E-state index contributed by atoms with van der Waals surface area (Å²) in [5.41, 5.74) is 6.89. The summed E-state index contributed by atoms with van der Waals surface area (Å²) < 4.78 is 0. The lowest BCUT2D eigenvalue weighted by molar-refractivity contribution is -0.120. The summed E-state index contributed by atoms with van der Waals surface area (Å²) in [5, 5.41) is 3.39. The highest BCUT2D eigenvalue weighted by atomic mass is 35.5. The Hall–Kier alpha value is -1.30. The summed E-state index contributed by atoms with van der Waals surface area (Å²) in [7, 11) is 4.16. The van der Waals surface area contributed by atoms with Gasteiger partial charge in [-0.25, -0.2) is 0 Å². The van der Waals surface area contributed by atoms with Crippen molar-refractivity contribution in [2.75, 3.05) is 38.2 Å². The Morgan fingerprint density at radius 2 is 2.24 bits per heavy atom. The predicted molar refractivity (Wildman–Crippen MR) is 87.6 cm³/mol. The van der Waals surface area contributed by atoms with Gasteiger partial charge in [0.25, 0.3) is 0 Å². The van der Waals surface area contributed by atoms with Crippen LogP contribution in [-0.4, -0.2) is 55.0 Å². The number of nitrogens with one attached hydrogen (secondary N) is 1. The molecular formula is C15H23ClN4O. The zero-order valence-electron chi connectivity index (χ0n) is 12.8. The second kappa shape index (κ2) is 6.64. The van der Waals surface area contributed by atoms with Gasteiger partial charge in [0.2, 0.25) is 5.91 Å². The standard InChI is InChI=1S/C15H23ClN4O/c1-10(20-7-6-12(9-20)19(2)3)15(21)18-11-4-5-13(16)14(17)8-11/h4-5,8,10,12H,6-7,9,17H2,1-3H3,(H,18,21). The normalized spacial score (nSPS) is 20.7. The molecule has 0 radical (unpaired) electrons. The summed E-state index contributed by atoms with van der Waals surface area (Å²) in [6.07, 6.45) is 1.10. The number of nitrogen functional groups attached to an aromatic ring is 1. The number of rotatable bonds is 4. The minimum absolute atomic E-state index is 0.0175. The van der Waals surface area contributed by atoms with E-state index in [1.54, 1.807) is 18.2 Å². The van der Waals surface area contributed by atoms with Gasteiger partial charge < -0.3 is 16.0 Å². The predicted octanol–water partition coefficient (Wildman–Crippen LogP) is 1.89. The van der Waals surface area contributed by atoms with Crippen molar-refractivity contribution >= 4 is 28.9 Å². The average Bonchev–Trinajstić information content (AvgIpc) is 2.92. The molecule has 2 unspecified atom stereocenters. The van der Waals surface area contributed by atoms with E-state index in [-0.39, 0.29) is 11.9 Å². The quantitative estimate of drug-likeness (QED) is 0.834. The lowest BCUT2D eigenvalue weighted by Gasteiger charge is -2.25. The average molecular weight is 311 g/mol. The van der Waals surface area contributed by atoms with Gasteiger partial charge in [-0.05, 0) is 45.6 Å². The third-order valence-electron chi connectivity index (χ3n) is 4.12. The van der Waals surface area contributed by atoms with E-state index in [1.165, 1.54) is 0 Å². The molecule has 1 aliphatic heterocycles. The number of benzene rings is 1. The Morgan fingerprint density at radius 3 is 2.81 bits per heavy atom. The van der Waals surface area contributed by atoms with Crippen LogP contribution >= 0.6 is 11.6 Å². The van der Waals surface area contributed by atoms with Gasteiger partial charge in [0.15, 0.2) is 0 Å². The van der Waals surface area contributed by atoms with Crippen molar-refractivity contribution in [1.29, 1.82) is 0 Å². The number of carbonyl (C=O) groups excluding carboxylic acids is 1. The number of nitrogens with two attached hydrogens (primary N) is 1. The Balaban J connectivity index is 1.95. The van der Waals surface area contributed by atoms with E-state index < -0.39 is 0 Å². The van der Waals surface area contributed by atoms with Crippen LogP contribution < -0.4 is 11.1 Å². The smallest absolute Gasteiger partial charge is 0.241 e. The monoisotopic (exact) mass is 310 g/mol. The van der Waals surface area contributed by atoms with Crippen LogP contribution in [0.15, 0.2) is 18.2 Å². The van der Waals surface area contributed by atoms with Crippen LogP contribution in [0.3, 0.4) is 0 Å². The van der Waals surface area contributed by atoms with E-state index in [2.05, 4.69) is 29.2 Å². The van der Waals surface area contributed by atoms with Crippen LogP contribution in [0.25, 0.3) is 0 Å². The molecule has 1 fully saturated rings. The summed E-state index contributed by atoms with van der Waals surface area (Å²) >= 11 is 5.88. The number of hydrogen-bond donors (Lipinski definition) is 2. The molecule has 0 aliphatic carbocycles. The van der Waals surface area contributed by atoms with E-state index in [4.69, 9.17) is 17.3 Å². The number of likely N-dealkylation sites (N-methyl/N-ethyl adjacent to an activating group) is 1. The number of anilines is 2. The van der Waals surface area contributed by atoms with Crippen LogP contribution in [0, 0.1) is 0 Å². The SMILES string of the molecule is CC(C(=O)Nc1ccc(Cl)c(N)c1)N1CCC(N(C)C)C1. The van der Waals surface area contributed by atoms with Gasteiger partial charge in [-0.2, -0.15) is 0 Å². The van der Waals surface area contributed by atoms with Crippen molar-refractivity contribution in [3.05, 3.63) is 23.2 Å². The van der Waals surface area contributed by atoms with E-state index in [0.717, 1.165) is 19.5 Å². The van der Waals surface area contributed by atoms with E-state index in [0.29, 0.717) is 22.4 Å². The first-order valence-corrected chi connectivity index (χ1v) is 7.52. The molecule has 1 aromatic carbocycles. The second-order valence-electron chi connectivity index (χ2n) is 5.80. The molecule has 1 heterocycles. The highest BCUT2D eigenvalue weighted by Crippen LogP contribution is 2.23. The number of amides is 1. The number of carbonyl (C=O) groups is 1. The van der Waals surface area contributed by atoms with E-state index >= 15 is 0 Å². The van der Waals surface area contributed by atoms with Crippen molar-refractivity contribution in [1.82, 2.24) is 9.80 Å². The topological polar surface area (TPSA) is 61.6 Å². The maximum Gasteiger partial charge on any atom is 0.241 e. The fourth-order valence-corrected chi connectivity index (χ4v) is 2.69. The molecule has 1 aliphatic rings. The third kappa shape index (κ3) is 3.87. The van der Waals surface area contributed by atoms with Gasteiger partial charge >= 0.3 is 0 Å². The fourth-order valence-electron chi connectivity index (χ4n) is 2.58. The Kier molecular flexibility index (Phi) is 5.08. The third-order valence-corrected chi connectivity index (χ3v) is 4.46. The van der Waals surface area contributed by atoms with Gasteiger partial charge in [0.1, 0.15) is 0 Å². The minimum atomic E-state index is -0.160. The first-order chi connectivity index (χ1) is 9.88. The van der Waals surface area contributed by atoms with E-state index in [1.807, 2.05) is 6.92 Å². The summed E-state index contributed by atoms with van der Waals surface area (Å²) in [6.45, 7) is 3.80. The van der Waals surface area contributed by atoms with Crippen LogP contribution in [0.5, 0.6) is 0 Å². The van der Waals surface area contributed by atoms with Crippen LogP contribution in [0.2, 0.25) is 5.02 Å². The molecule has 5 nitrogen and oxygen atoms in total. The zero-order valence-corrected chi connectivity index (χ0v) is 13.5. The molecule has 0 aromatic heterocycles. The van der Waals surface area contributed by atoms with Crippen molar-refractivity contribution in [3.63, 3.8) is 0 Å². The number of hydrogen-bond acceptors (Lipinski definition) is 4. The Bertz CT molecular complexity index is 520. The number of likely N-dealkylation sites (tertiary alicyclic amines) is 1. The molecule has 116 valence electrons. The van der Waals surface area contributed by atoms with Crippen molar-refractivity contribution in [3.8, 4) is 0 Å². The number of halogens is 1. The first kappa shape index (κ1) is 16.1. The molecule has 1 aromatic rings.